The van der Waals surface area contributed by atoms with Gasteiger partial charge >= 0.3 is 0 Å². The molecule has 0 amide bonds. The van der Waals surface area contributed by atoms with Crippen molar-refractivity contribution in [3.05, 3.63) is 11.4 Å². The van der Waals surface area contributed by atoms with Crippen LogP contribution in [0.2, 0.25) is 0 Å². The predicted molar refractivity (Wildman–Crippen MR) is 76.7 cm³/mol. The van der Waals surface area contributed by atoms with Crippen molar-refractivity contribution in [3.8, 4) is 0 Å². The Balaban J connectivity index is 2.16. The number of rotatable bonds is 6. The third-order valence-electron chi connectivity index (χ3n) is 2.27. The van der Waals surface area contributed by atoms with E-state index < -0.39 is 0 Å². The average Bonchev–Trinajstić information content (AvgIpc) is 2.82. The van der Waals surface area contributed by atoms with Gasteiger partial charge in [-0.2, -0.15) is 16.7 Å². The lowest BCUT2D eigenvalue weighted by Crippen LogP contribution is -2.12. The molecule has 0 unspecified atom stereocenters. The van der Waals surface area contributed by atoms with Crippen LogP contribution in [0, 0.1) is 0 Å². The third kappa shape index (κ3) is 2.99. The Morgan fingerprint density at radius 2 is 2.35 bits per heavy atom. The lowest BCUT2D eigenvalue weighted by molar-refractivity contribution is 0.982. The highest BCUT2D eigenvalue weighted by molar-refractivity contribution is 7.98. The number of hydrazine groups is 1. The van der Waals surface area contributed by atoms with Crippen LogP contribution in [0.5, 0.6) is 0 Å². The van der Waals surface area contributed by atoms with Crippen LogP contribution in [0.1, 0.15) is 6.42 Å². The SMILES string of the molecule is CSCCCNc1nc(NN)nc2sccc12. The number of nitrogens with one attached hydrogen (secondary N) is 2. The van der Waals surface area contributed by atoms with Crippen LogP contribution < -0.4 is 16.6 Å². The predicted octanol–water partition coefficient (Wildman–Crippen LogP) is 2.14. The molecule has 4 N–H and O–H groups in total. The highest BCUT2D eigenvalue weighted by Crippen LogP contribution is 2.26. The number of nitrogens with two attached hydrogens (primary N) is 1. The highest BCUT2D eigenvalue weighted by atomic mass is 32.2. The summed E-state index contributed by atoms with van der Waals surface area (Å²) in [5.41, 5.74) is 2.49. The zero-order valence-corrected chi connectivity index (χ0v) is 11.2. The minimum atomic E-state index is 0.451. The molecule has 0 aromatic carbocycles. The number of nitrogens with zero attached hydrogens (tertiary/aromatic N) is 2. The van der Waals surface area contributed by atoms with E-state index in [1.807, 2.05) is 23.2 Å². The van der Waals surface area contributed by atoms with Crippen molar-refractivity contribution in [2.75, 3.05) is 29.3 Å². The van der Waals surface area contributed by atoms with Gasteiger partial charge in [0.2, 0.25) is 5.95 Å². The standard InChI is InChI=1S/C10H15N5S2/c1-16-5-2-4-12-8-7-3-6-17-9(7)14-10(13-8)15-11/h3,6H,2,4-5,11H2,1H3,(H2,12,13,14,15). The van der Waals surface area contributed by atoms with Crippen molar-refractivity contribution < 1.29 is 0 Å². The van der Waals surface area contributed by atoms with Crippen molar-refractivity contribution in [1.82, 2.24) is 9.97 Å². The summed E-state index contributed by atoms with van der Waals surface area (Å²) >= 11 is 3.43. The lowest BCUT2D eigenvalue weighted by Gasteiger charge is -2.07. The number of thioether (sulfide) groups is 1. The van der Waals surface area contributed by atoms with Crippen LogP contribution in [-0.4, -0.2) is 28.5 Å². The van der Waals surface area contributed by atoms with Crippen LogP contribution in [0.3, 0.4) is 0 Å². The topological polar surface area (TPSA) is 75.9 Å². The van der Waals surface area contributed by atoms with Gasteiger partial charge in [0.25, 0.3) is 0 Å². The van der Waals surface area contributed by atoms with E-state index in [4.69, 9.17) is 5.84 Å². The van der Waals surface area contributed by atoms with E-state index in [-0.39, 0.29) is 0 Å². The van der Waals surface area contributed by atoms with Crippen LogP contribution in [-0.2, 0) is 0 Å². The summed E-state index contributed by atoms with van der Waals surface area (Å²) in [7, 11) is 0. The van der Waals surface area contributed by atoms with Crippen LogP contribution in [0.25, 0.3) is 10.2 Å². The first-order valence-electron chi connectivity index (χ1n) is 5.30. The number of anilines is 2. The second-order valence-electron chi connectivity index (χ2n) is 3.45. The van der Waals surface area contributed by atoms with Crippen LogP contribution in [0.15, 0.2) is 11.4 Å². The van der Waals surface area contributed by atoms with E-state index in [0.717, 1.165) is 34.8 Å². The van der Waals surface area contributed by atoms with Crippen LogP contribution in [0.4, 0.5) is 11.8 Å². The van der Waals surface area contributed by atoms with Crippen molar-refractivity contribution in [2.24, 2.45) is 5.84 Å². The van der Waals surface area contributed by atoms with E-state index in [2.05, 4.69) is 27.0 Å². The fourth-order valence-corrected chi connectivity index (χ4v) is 2.67. The van der Waals surface area contributed by atoms with Gasteiger partial charge in [0.15, 0.2) is 0 Å². The first kappa shape index (κ1) is 12.4. The summed E-state index contributed by atoms with van der Waals surface area (Å²) in [5, 5.41) is 6.39. The smallest absolute Gasteiger partial charge is 0.240 e. The molecule has 92 valence electrons. The largest absolute Gasteiger partial charge is 0.369 e. The molecule has 0 saturated heterocycles. The molecular formula is C10H15N5S2. The third-order valence-corrected chi connectivity index (χ3v) is 3.78. The fraction of sp³-hybridized carbons (Fsp3) is 0.400. The summed E-state index contributed by atoms with van der Waals surface area (Å²) in [6.45, 7) is 0.910. The van der Waals surface area contributed by atoms with Gasteiger partial charge in [-0.25, -0.2) is 10.8 Å². The van der Waals surface area contributed by atoms with Crippen molar-refractivity contribution >= 4 is 45.1 Å². The molecule has 5 nitrogen and oxygen atoms in total. The summed E-state index contributed by atoms with van der Waals surface area (Å²) in [6.07, 6.45) is 3.22. The average molecular weight is 269 g/mol. The van der Waals surface area contributed by atoms with Gasteiger partial charge < -0.3 is 5.32 Å². The normalized spacial score (nSPS) is 10.7. The maximum atomic E-state index is 5.35. The summed E-state index contributed by atoms with van der Waals surface area (Å²) in [4.78, 5) is 9.56. The second-order valence-corrected chi connectivity index (χ2v) is 5.33. The molecule has 7 heteroatoms. The van der Waals surface area contributed by atoms with Crippen molar-refractivity contribution in [1.29, 1.82) is 0 Å². The van der Waals surface area contributed by atoms with Crippen molar-refractivity contribution in [2.45, 2.75) is 6.42 Å². The molecule has 0 saturated carbocycles. The Bertz CT molecular complexity index is 485. The molecule has 0 spiro atoms. The molecule has 2 aromatic heterocycles. The highest BCUT2D eigenvalue weighted by Gasteiger charge is 2.07. The molecule has 2 aromatic rings. The number of hydrogen-bond acceptors (Lipinski definition) is 7. The summed E-state index contributed by atoms with van der Waals surface area (Å²) < 4.78 is 0. The molecule has 0 atom stereocenters. The number of hydrogen-bond donors (Lipinski definition) is 3. The minimum Gasteiger partial charge on any atom is -0.369 e. The Hall–Kier alpha value is -1.05. The van der Waals surface area contributed by atoms with Gasteiger partial charge in [0.05, 0.1) is 5.39 Å². The molecule has 0 aliphatic heterocycles. The lowest BCUT2D eigenvalue weighted by atomic mass is 10.3. The maximum Gasteiger partial charge on any atom is 0.240 e. The Kier molecular flexibility index (Phi) is 4.41. The molecule has 0 bridgehead atoms. The molecule has 17 heavy (non-hydrogen) atoms. The van der Waals surface area contributed by atoms with Crippen molar-refractivity contribution in [3.63, 3.8) is 0 Å². The molecule has 2 heterocycles. The van der Waals surface area contributed by atoms with Gasteiger partial charge in [-0.15, -0.1) is 11.3 Å². The van der Waals surface area contributed by atoms with E-state index in [9.17, 15) is 0 Å². The van der Waals surface area contributed by atoms with E-state index >= 15 is 0 Å². The van der Waals surface area contributed by atoms with E-state index in [1.165, 1.54) is 0 Å². The van der Waals surface area contributed by atoms with Gasteiger partial charge in [-0.1, -0.05) is 0 Å². The number of fused-ring (bicyclic) bond motifs is 1. The van der Waals surface area contributed by atoms with Gasteiger partial charge in [-0.3, -0.25) is 5.43 Å². The molecule has 0 radical (unpaired) electrons. The number of aromatic nitrogens is 2. The van der Waals surface area contributed by atoms with Crippen LogP contribution >= 0.6 is 23.1 Å². The fourth-order valence-electron chi connectivity index (χ4n) is 1.48. The molecule has 0 aliphatic rings. The Labute approximate surface area is 108 Å². The van der Waals surface area contributed by atoms with E-state index in [0.29, 0.717) is 5.95 Å². The summed E-state index contributed by atoms with van der Waals surface area (Å²) in [6, 6.07) is 2.03. The minimum absolute atomic E-state index is 0.451. The summed E-state index contributed by atoms with van der Waals surface area (Å²) in [5.74, 6) is 7.80. The van der Waals surface area contributed by atoms with E-state index in [1.54, 1.807) is 11.3 Å². The van der Waals surface area contributed by atoms with Gasteiger partial charge in [-0.05, 0) is 29.9 Å². The molecular weight excluding hydrogens is 254 g/mol. The quantitative estimate of drug-likeness (QED) is 0.424. The molecule has 0 aliphatic carbocycles. The second kappa shape index (κ2) is 6.04. The Morgan fingerprint density at radius 3 is 3.12 bits per heavy atom. The molecule has 0 fully saturated rings. The zero-order valence-electron chi connectivity index (χ0n) is 9.56. The first-order chi connectivity index (χ1) is 8.35. The maximum absolute atomic E-state index is 5.35. The zero-order chi connectivity index (χ0) is 12.1. The van der Waals surface area contributed by atoms with Gasteiger partial charge in [0.1, 0.15) is 10.6 Å². The first-order valence-corrected chi connectivity index (χ1v) is 7.57. The number of nitrogen functional groups attached to an aromatic ring is 1. The number of thiophene rings is 1. The monoisotopic (exact) mass is 269 g/mol. The molecule has 2 rings (SSSR count). The Morgan fingerprint density at radius 1 is 1.47 bits per heavy atom. The van der Waals surface area contributed by atoms with Gasteiger partial charge in [0, 0.05) is 6.54 Å².